The third-order valence-corrected chi connectivity index (χ3v) is 3.83. The number of hydrogen-bond donors (Lipinski definition) is 2. The van der Waals surface area contributed by atoms with Crippen molar-refractivity contribution in [2.24, 2.45) is 0 Å². The number of nitrogens with one attached hydrogen (secondary N) is 1. The van der Waals surface area contributed by atoms with Crippen molar-refractivity contribution < 1.29 is 14.7 Å². The van der Waals surface area contributed by atoms with E-state index in [1.807, 2.05) is 32.0 Å². The lowest BCUT2D eigenvalue weighted by atomic mass is 10.0. The molecule has 0 aliphatic carbocycles. The molecular weight excluding hydrogens is 334 g/mol. The maximum absolute atomic E-state index is 12.4. The molecule has 2 aromatic rings. The number of hydrogen-bond acceptors (Lipinski definition) is 2. The van der Waals surface area contributed by atoms with E-state index in [0.29, 0.717) is 15.7 Å². The SMILES string of the molecule is Cc1cccc(C)c1C(=O)Nc1ccc(C(=O)O)cc1Br. The minimum atomic E-state index is -1.01. The van der Waals surface area contributed by atoms with Crippen molar-refractivity contribution in [1.82, 2.24) is 0 Å². The van der Waals surface area contributed by atoms with Gasteiger partial charge in [0.2, 0.25) is 0 Å². The van der Waals surface area contributed by atoms with Crippen LogP contribution in [0.5, 0.6) is 0 Å². The zero-order valence-electron chi connectivity index (χ0n) is 11.6. The van der Waals surface area contributed by atoms with E-state index in [2.05, 4.69) is 21.2 Å². The average molecular weight is 348 g/mol. The molecule has 0 atom stereocenters. The Kier molecular flexibility index (Phi) is 4.43. The highest BCUT2D eigenvalue weighted by molar-refractivity contribution is 9.10. The number of benzene rings is 2. The molecule has 21 heavy (non-hydrogen) atoms. The molecule has 108 valence electrons. The first-order valence-electron chi connectivity index (χ1n) is 6.30. The molecule has 1 amide bonds. The summed E-state index contributed by atoms with van der Waals surface area (Å²) in [5.74, 6) is -1.22. The predicted octanol–water partition coefficient (Wildman–Crippen LogP) is 4.02. The molecule has 0 heterocycles. The zero-order valence-corrected chi connectivity index (χ0v) is 13.2. The second-order valence-corrected chi connectivity index (χ2v) is 5.58. The standard InChI is InChI=1S/C16H14BrNO3/c1-9-4-3-5-10(2)14(9)15(19)18-13-7-6-11(16(20)21)8-12(13)17/h3-8H,1-2H3,(H,18,19)(H,20,21). The minimum absolute atomic E-state index is 0.159. The molecule has 0 fully saturated rings. The predicted molar refractivity (Wildman–Crippen MR) is 85.0 cm³/mol. The van der Waals surface area contributed by atoms with Crippen molar-refractivity contribution >= 4 is 33.5 Å². The Balaban J connectivity index is 2.30. The van der Waals surface area contributed by atoms with Gasteiger partial charge >= 0.3 is 5.97 Å². The van der Waals surface area contributed by atoms with E-state index in [9.17, 15) is 9.59 Å². The highest BCUT2D eigenvalue weighted by atomic mass is 79.9. The molecule has 0 saturated carbocycles. The molecule has 2 rings (SSSR count). The van der Waals surface area contributed by atoms with Crippen LogP contribution in [0.25, 0.3) is 0 Å². The number of anilines is 1. The number of carboxylic acid groups (broad SMARTS) is 1. The first-order valence-corrected chi connectivity index (χ1v) is 7.10. The average Bonchev–Trinajstić information content (AvgIpc) is 2.40. The summed E-state index contributed by atoms with van der Waals surface area (Å²) in [5, 5.41) is 11.7. The smallest absolute Gasteiger partial charge is 0.335 e. The number of carbonyl (C=O) groups excluding carboxylic acids is 1. The van der Waals surface area contributed by atoms with Crippen LogP contribution < -0.4 is 5.32 Å². The number of carboxylic acids is 1. The van der Waals surface area contributed by atoms with Crippen molar-refractivity contribution in [3.05, 3.63) is 63.1 Å². The van der Waals surface area contributed by atoms with Gasteiger partial charge < -0.3 is 10.4 Å². The van der Waals surface area contributed by atoms with Gasteiger partial charge in [0.1, 0.15) is 0 Å². The number of rotatable bonds is 3. The number of aryl methyl sites for hydroxylation is 2. The molecule has 0 spiro atoms. The van der Waals surface area contributed by atoms with Crippen LogP contribution in [0.1, 0.15) is 31.8 Å². The Morgan fingerprint density at radius 2 is 1.71 bits per heavy atom. The van der Waals surface area contributed by atoms with E-state index in [4.69, 9.17) is 5.11 Å². The molecule has 2 N–H and O–H groups in total. The maximum Gasteiger partial charge on any atom is 0.335 e. The lowest BCUT2D eigenvalue weighted by Gasteiger charge is -2.12. The summed E-state index contributed by atoms with van der Waals surface area (Å²) in [6, 6.07) is 10.1. The van der Waals surface area contributed by atoms with Gasteiger partial charge in [-0.1, -0.05) is 18.2 Å². The maximum atomic E-state index is 12.4. The van der Waals surface area contributed by atoms with Gasteiger partial charge in [0.15, 0.2) is 0 Å². The summed E-state index contributed by atoms with van der Waals surface area (Å²) in [7, 11) is 0. The summed E-state index contributed by atoms with van der Waals surface area (Å²) >= 11 is 3.28. The van der Waals surface area contributed by atoms with Crippen LogP contribution in [0, 0.1) is 13.8 Å². The number of halogens is 1. The largest absolute Gasteiger partial charge is 0.478 e. The van der Waals surface area contributed by atoms with Gasteiger partial charge in [0, 0.05) is 10.0 Å². The van der Waals surface area contributed by atoms with E-state index >= 15 is 0 Å². The first kappa shape index (κ1) is 15.3. The second kappa shape index (κ2) is 6.10. The molecule has 0 unspecified atom stereocenters. The van der Waals surface area contributed by atoms with Crippen LogP contribution >= 0.6 is 15.9 Å². The Morgan fingerprint density at radius 1 is 1.10 bits per heavy atom. The summed E-state index contributed by atoms with van der Waals surface area (Å²) in [5.41, 5.74) is 3.11. The van der Waals surface area contributed by atoms with E-state index in [1.54, 1.807) is 6.07 Å². The number of carbonyl (C=O) groups is 2. The Morgan fingerprint density at radius 3 is 2.24 bits per heavy atom. The topological polar surface area (TPSA) is 66.4 Å². The third-order valence-electron chi connectivity index (χ3n) is 3.17. The lowest BCUT2D eigenvalue weighted by Crippen LogP contribution is -2.15. The molecule has 0 radical (unpaired) electrons. The summed E-state index contributed by atoms with van der Waals surface area (Å²) in [4.78, 5) is 23.3. The highest BCUT2D eigenvalue weighted by Crippen LogP contribution is 2.25. The van der Waals surface area contributed by atoms with Gasteiger partial charge in [-0.05, 0) is 59.1 Å². The van der Waals surface area contributed by atoms with Gasteiger partial charge in [-0.15, -0.1) is 0 Å². The molecule has 0 bridgehead atoms. The fraction of sp³-hybridized carbons (Fsp3) is 0.125. The Hall–Kier alpha value is -2.14. The zero-order chi connectivity index (χ0) is 15.6. The number of aromatic carboxylic acids is 1. The Bertz CT molecular complexity index is 705. The second-order valence-electron chi connectivity index (χ2n) is 4.72. The van der Waals surface area contributed by atoms with E-state index in [-0.39, 0.29) is 11.5 Å². The highest BCUT2D eigenvalue weighted by Gasteiger charge is 2.14. The van der Waals surface area contributed by atoms with Crippen molar-refractivity contribution in [2.45, 2.75) is 13.8 Å². The third kappa shape index (κ3) is 3.31. The molecule has 4 nitrogen and oxygen atoms in total. The van der Waals surface area contributed by atoms with Crippen molar-refractivity contribution in [3.8, 4) is 0 Å². The minimum Gasteiger partial charge on any atom is -0.478 e. The summed E-state index contributed by atoms with van der Waals surface area (Å²) in [6.07, 6.45) is 0. The van der Waals surface area contributed by atoms with Gasteiger partial charge in [-0.2, -0.15) is 0 Å². The molecular formula is C16H14BrNO3. The monoisotopic (exact) mass is 347 g/mol. The van der Waals surface area contributed by atoms with Gasteiger partial charge in [-0.25, -0.2) is 4.79 Å². The van der Waals surface area contributed by atoms with Gasteiger partial charge in [-0.3, -0.25) is 4.79 Å². The summed E-state index contributed by atoms with van der Waals surface area (Å²) in [6.45, 7) is 3.76. The van der Waals surface area contributed by atoms with Crippen molar-refractivity contribution in [3.63, 3.8) is 0 Å². The molecule has 0 aromatic heterocycles. The van der Waals surface area contributed by atoms with Crippen LogP contribution in [0.4, 0.5) is 5.69 Å². The fourth-order valence-corrected chi connectivity index (χ4v) is 2.58. The quantitative estimate of drug-likeness (QED) is 0.881. The fourth-order valence-electron chi connectivity index (χ4n) is 2.11. The Labute approximate surface area is 130 Å². The van der Waals surface area contributed by atoms with Gasteiger partial charge in [0.05, 0.1) is 11.3 Å². The van der Waals surface area contributed by atoms with Crippen LogP contribution in [0.15, 0.2) is 40.9 Å². The van der Waals surface area contributed by atoms with E-state index in [1.165, 1.54) is 12.1 Å². The van der Waals surface area contributed by atoms with Crippen LogP contribution in [-0.2, 0) is 0 Å². The molecule has 0 saturated heterocycles. The van der Waals surface area contributed by atoms with Crippen molar-refractivity contribution in [1.29, 1.82) is 0 Å². The summed E-state index contributed by atoms with van der Waals surface area (Å²) < 4.78 is 0.530. The van der Waals surface area contributed by atoms with Crippen molar-refractivity contribution in [2.75, 3.05) is 5.32 Å². The van der Waals surface area contributed by atoms with E-state index in [0.717, 1.165) is 11.1 Å². The molecule has 0 aliphatic heterocycles. The molecule has 2 aromatic carbocycles. The normalized spacial score (nSPS) is 10.2. The first-order chi connectivity index (χ1) is 9.90. The lowest BCUT2D eigenvalue weighted by molar-refractivity contribution is 0.0696. The molecule has 0 aliphatic rings. The molecule has 5 heteroatoms. The van der Waals surface area contributed by atoms with Gasteiger partial charge in [0.25, 0.3) is 5.91 Å². The van der Waals surface area contributed by atoms with Crippen LogP contribution in [-0.4, -0.2) is 17.0 Å². The van der Waals surface area contributed by atoms with Crippen LogP contribution in [0.2, 0.25) is 0 Å². The van der Waals surface area contributed by atoms with Crippen LogP contribution in [0.3, 0.4) is 0 Å². The van der Waals surface area contributed by atoms with E-state index < -0.39 is 5.97 Å². The number of amides is 1.